The molecule has 92 valence electrons. The smallest absolute Gasteiger partial charge is 0.326 e. The van der Waals surface area contributed by atoms with Crippen molar-refractivity contribution >= 4 is 30.2 Å². The molecule has 0 saturated heterocycles. The molecule has 0 aliphatic rings. The predicted molar refractivity (Wildman–Crippen MR) is 73.2 cm³/mol. The summed E-state index contributed by atoms with van der Waals surface area (Å²) in [6.45, 7) is 5.77. The number of esters is 1. The fourth-order valence-electron chi connectivity index (χ4n) is 1.85. The predicted octanol–water partition coefficient (Wildman–Crippen LogP) is 1.78. The molecule has 2 aromatic rings. The number of rotatable bonds is 2. The Morgan fingerprint density at radius 1 is 1.33 bits per heavy atom. The first-order chi connectivity index (χ1) is 8.35. The summed E-state index contributed by atoms with van der Waals surface area (Å²) >= 11 is 0. The van der Waals surface area contributed by atoms with Crippen LogP contribution >= 0.6 is 0 Å². The highest BCUT2D eigenvalue weighted by Crippen LogP contribution is 2.15. The van der Waals surface area contributed by atoms with Crippen molar-refractivity contribution in [3.05, 3.63) is 30.5 Å². The molecule has 2 rings (SSSR count). The van der Waals surface area contributed by atoms with Crippen LogP contribution in [0.4, 0.5) is 0 Å². The van der Waals surface area contributed by atoms with Gasteiger partial charge in [0.1, 0.15) is 20.0 Å². The van der Waals surface area contributed by atoms with E-state index in [4.69, 9.17) is 12.6 Å². The van der Waals surface area contributed by atoms with Gasteiger partial charge in [-0.2, -0.15) is 0 Å². The Bertz CT molecular complexity index is 581. The first kappa shape index (κ1) is 12.7. The van der Waals surface area contributed by atoms with Crippen molar-refractivity contribution in [2.24, 2.45) is 0 Å². The molecule has 1 heterocycles. The molecule has 0 atom stereocenters. The highest BCUT2D eigenvalue weighted by Gasteiger charge is 2.16. The summed E-state index contributed by atoms with van der Waals surface area (Å²) in [6.07, 6.45) is 1.87. The van der Waals surface area contributed by atoms with Gasteiger partial charge >= 0.3 is 5.97 Å². The third-order valence-corrected chi connectivity index (χ3v) is 2.52. The maximum atomic E-state index is 11.8. The van der Waals surface area contributed by atoms with Crippen molar-refractivity contribution < 1.29 is 9.53 Å². The Morgan fingerprint density at radius 2 is 2.06 bits per heavy atom. The summed E-state index contributed by atoms with van der Waals surface area (Å²) in [5, 5.41) is 1.06. The fraction of sp³-hybridized carbons (Fsp3) is 0.357. The van der Waals surface area contributed by atoms with Gasteiger partial charge in [0.2, 0.25) is 0 Å². The van der Waals surface area contributed by atoms with Crippen LogP contribution in [0, 0.1) is 0 Å². The minimum atomic E-state index is -0.459. The first-order valence-electron chi connectivity index (χ1n) is 5.91. The number of carbonyl (C=O) groups excluding carboxylic acids is 1. The monoisotopic (exact) mass is 241 g/mol. The maximum Gasteiger partial charge on any atom is 0.326 e. The van der Waals surface area contributed by atoms with E-state index in [1.165, 1.54) is 0 Å². The van der Waals surface area contributed by atoms with Gasteiger partial charge in [-0.05, 0) is 38.3 Å². The fourth-order valence-corrected chi connectivity index (χ4v) is 1.85. The number of carbonyl (C=O) groups is 1. The first-order valence-corrected chi connectivity index (χ1v) is 5.91. The molecule has 0 saturated carbocycles. The largest absolute Gasteiger partial charge is 0.459 e. The summed E-state index contributed by atoms with van der Waals surface area (Å²) in [4.78, 5) is 11.8. The van der Waals surface area contributed by atoms with Crippen LogP contribution in [-0.2, 0) is 16.1 Å². The van der Waals surface area contributed by atoms with E-state index < -0.39 is 5.60 Å². The zero-order chi connectivity index (χ0) is 13.3. The Balaban J connectivity index is 2.22. The molecule has 1 aromatic heterocycles. The molecule has 4 heteroatoms. The molecule has 0 aliphatic heterocycles. The number of aromatic nitrogens is 1. The summed E-state index contributed by atoms with van der Waals surface area (Å²) < 4.78 is 7.15. The summed E-state index contributed by atoms with van der Waals surface area (Å²) in [6, 6.07) is 7.61. The van der Waals surface area contributed by atoms with E-state index in [1.807, 2.05) is 55.8 Å². The van der Waals surface area contributed by atoms with Crippen LogP contribution in [0.3, 0.4) is 0 Å². The quantitative estimate of drug-likeness (QED) is 0.592. The summed E-state index contributed by atoms with van der Waals surface area (Å²) in [5.74, 6) is -0.248. The third-order valence-electron chi connectivity index (χ3n) is 2.52. The van der Waals surface area contributed by atoms with Crippen LogP contribution in [0.1, 0.15) is 20.8 Å². The van der Waals surface area contributed by atoms with E-state index in [2.05, 4.69) is 0 Å². The second-order valence-corrected chi connectivity index (χ2v) is 5.35. The lowest BCUT2D eigenvalue weighted by molar-refractivity contribution is -0.155. The van der Waals surface area contributed by atoms with Gasteiger partial charge in [0.05, 0.1) is 0 Å². The minimum absolute atomic E-state index is 0.199. The molecule has 0 N–H and O–H groups in total. The van der Waals surface area contributed by atoms with Gasteiger partial charge in [0.25, 0.3) is 0 Å². The van der Waals surface area contributed by atoms with Gasteiger partial charge in [-0.15, -0.1) is 0 Å². The molecule has 0 spiro atoms. The van der Waals surface area contributed by atoms with Crippen molar-refractivity contribution in [1.82, 2.24) is 4.57 Å². The summed E-state index contributed by atoms with van der Waals surface area (Å²) in [5.41, 5.74) is 1.17. The van der Waals surface area contributed by atoms with Crippen molar-refractivity contribution in [2.75, 3.05) is 0 Å². The van der Waals surface area contributed by atoms with E-state index in [0.717, 1.165) is 10.9 Å². The minimum Gasteiger partial charge on any atom is -0.459 e. The molecule has 3 nitrogen and oxygen atoms in total. The lowest BCUT2D eigenvalue weighted by Gasteiger charge is -2.19. The zero-order valence-electron chi connectivity index (χ0n) is 10.9. The van der Waals surface area contributed by atoms with E-state index >= 15 is 0 Å². The van der Waals surface area contributed by atoms with Gasteiger partial charge in [-0.1, -0.05) is 17.6 Å². The molecule has 1 aromatic carbocycles. The SMILES string of the molecule is [B]c1ccc2ccn(CC(=O)OC(C)(C)C)c2c1. The zero-order valence-corrected chi connectivity index (χ0v) is 10.9. The maximum absolute atomic E-state index is 11.8. The Hall–Kier alpha value is -1.71. The molecule has 0 unspecified atom stereocenters. The number of nitrogens with zero attached hydrogens (tertiary/aromatic N) is 1. The topological polar surface area (TPSA) is 31.2 Å². The van der Waals surface area contributed by atoms with Crippen LogP contribution in [0.15, 0.2) is 30.5 Å². The molecular weight excluding hydrogens is 225 g/mol. The highest BCUT2D eigenvalue weighted by atomic mass is 16.6. The lowest BCUT2D eigenvalue weighted by atomic mass is 9.95. The molecule has 0 bridgehead atoms. The van der Waals surface area contributed by atoms with Gasteiger partial charge in [-0.25, -0.2) is 0 Å². The Kier molecular flexibility index (Phi) is 3.20. The Morgan fingerprint density at radius 3 is 2.72 bits per heavy atom. The van der Waals surface area contributed by atoms with Crippen LogP contribution in [0.5, 0.6) is 0 Å². The molecule has 0 amide bonds. The van der Waals surface area contributed by atoms with Crippen LogP contribution in [0.25, 0.3) is 10.9 Å². The van der Waals surface area contributed by atoms with Crippen molar-refractivity contribution in [3.8, 4) is 0 Å². The number of ether oxygens (including phenoxy) is 1. The van der Waals surface area contributed by atoms with Gasteiger partial charge < -0.3 is 9.30 Å². The van der Waals surface area contributed by atoms with Crippen molar-refractivity contribution in [2.45, 2.75) is 32.9 Å². The van der Waals surface area contributed by atoms with Crippen LogP contribution in [-0.4, -0.2) is 24.0 Å². The number of benzene rings is 1. The van der Waals surface area contributed by atoms with E-state index in [1.54, 1.807) is 0 Å². The van der Waals surface area contributed by atoms with Gasteiger partial charge in [-0.3, -0.25) is 4.79 Å². The third kappa shape index (κ3) is 2.94. The van der Waals surface area contributed by atoms with Gasteiger partial charge in [0.15, 0.2) is 0 Å². The van der Waals surface area contributed by atoms with E-state index in [0.29, 0.717) is 5.46 Å². The number of fused-ring (bicyclic) bond motifs is 1. The number of hydrogen-bond donors (Lipinski definition) is 0. The van der Waals surface area contributed by atoms with E-state index in [9.17, 15) is 4.79 Å². The van der Waals surface area contributed by atoms with Crippen LogP contribution < -0.4 is 5.46 Å². The average Bonchev–Trinajstić information content (AvgIpc) is 2.58. The molecular formula is C14H16BNO2. The average molecular weight is 241 g/mol. The number of hydrogen-bond acceptors (Lipinski definition) is 2. The summed E-state index contributed by atoms with van der Waals surface area (Å²) in [7, 11) is 5.76. The Labute approximate surface area is 108 Å². The van der Waals surface area contributed by atoms with Gasteiger partial charge in [0, 0.05) is 11.7 Å². The second kappa shape index (κ2) is 4.52. The standard InChI is InChI=1S/C14H16BNO2/c1-14(2,3)18-13(17)9-16-7-6-10-4-5-11(15)8-12(10)16/h4-8H,9H2,1-3H3. The van der Waals surface area contributed by atoms with Crippen LogP contribution in [0.2, 0.25) is 0 Å². The lowest BCUT2D eigenvalue weighted by Crippen LogP contribution is -2.26. The molecule has 2 radical (unpaired) electrons. The van der Waals surface area contributed by atoms with Crippen molar-refractivity contribution in [3.63, 3.8) is 0 Å². The molecule has 18 heavy (non-hydrogen) atoms. The van der Waals surface area contributed by atoms with Crippen molar-refractivity contribution in [1.29, 1.82) is 0 Å². The van der Waals surface area contributed by atoms with E-state index in [-0.39, 0.29) is 12.5 Å². The highest BCUT2D eigenvalue weighted by molar-refractivity contribution is 6.33. The second-order valence-electron chi connectivity index (χ2n) is 5.35. The molecule has 0 fully saturated rings. The molecule has 0 aliphatic carbocycles. The normalized spacial score (nSPS) is 11.7.